The van der Waals surface area contributed by atoms with Crippen molar-refractivity contribution >= 4 is 24.0 Å². The number of hydrogen-bond donors (Lipinski definition) is 1. The molecule has 0 amide bonds. The summed E-state index contributed by atoms with van der Waals surface area (Å²) in [5.41, 5.74) is 8.08. The van der Waals surface area contributed by atoms with Gasteiger partial charge in [0.05, 0.1) is 11.6 Å². The van der Waals surface area contributed by atoms with Crippen molar-refractivity contribution in [3.63, 3.8) is 0 Å². The van der Waals surface area contributed by atoms with Gasteiger partial charge in [0.1, 0.15) is 5.75 Å². The topological polar surface area (TPSA) is 35.2 Å². The number of halogens is 2. The summed E-state index contributed by atoms with van der Waals surface area (Å²) in [5.74, 6) is 1.58. The zero-order valence-corrected chi connectivity index (χ0v) is 12.5. The molecule has 1 unspecified atom stereocenters. The third-order valence-electron chi connectivity index (χ3n) is 3.01. The molecule has 18 heavy (non-hydrogen) atoms. The van der Waals surface area contributed by atoms with Crippen molar-refractivity contribution in [2.45, 2.75) is 39.2 Å². The molecule has 1 fully saturated rings. The smallest absolute Gasteiger partial charge is 0.140 e. The Morgan fingerprint density at radius 2 is 2.11 bits per heavy atom. The van der Waals surface area contributed by atoms with Gasteiger partial charge in [-0.15, -0.1) is 12.4 Å². The minimum atomic E-state index is 0. The van der Waals surface area contributed by atoms with Crippen molar-refractivity contribution in [3.05, 3.63) is 28.3 Å². The summed E-state index contributed by atoms with van der Waals surface area (Å²) in [6.07, 6.45) is 3.43. The lowest BCUT2D eigenvalue weighted by Crippen LogP contribution is -2.17. The van der Waals surface area contributed by atoms with Gasteiger partial charge in [-0.2, -0.15) is 0 Å². The molecule has 1 aliphatic rings. The Bertz CT molecular complexity index is 380. The molecule has 0 aromatic heterocycles. The van der Waals surface area contributed by atoms with Crippen LogP contribution in [0.5, 0.6) is 5.75 Å². The summed E-state index contributed by atoms with van der Waals surface area (Å²) in [6, 6.07) is 4.25. The quantitative estimate of drug-likeness (QED) is 0.896. The molecule has 102 valence electrons. The normalized spacial score (nSPS) is 16.0. The number of nitrogens with two attached hydrogens (primary N) is 1. The lowest BCUT2D eigenvalue weighted by molar-refractivity contribution is 0.298. The fraction of sp³-hybridized carbons (Fsp3) is 0.571. The molecular formula is C14H21Cl2NO. The molecule has 0 aliphatic heterocycles. The Labute approximate surface area is 120 Å². The van der Waals surface area contributed by atoms with Crippen LogP contribution in [0, 0.1) is 12.8 Å². The van der Waals surface area contributed by atoms with E-state index in [-0.39, 0.29) is 18.4 Å². The van der Waals surface area contributed by atoms with Crippen LogP contribution in [0.4, 0.5) is 0 Å². The lowest BCUT2D eigenvalue weighted by Gasteiger charge is -2.13. The minimum Gasteiger partial charge on any atom is -0.491 e. The van der Waals surface area contributed by atoms with E-state index in [9.17, 15) is 0 Å². The Hall–Kier alpha value is -0.440. The first kappa shape index (κ1) is 15.6. The highest BCUT2D eigenvalue weighted by atomic mass is 35.5. The molecule has 1 aliphatic carbocycles. The van der Waals surface area contributed by atoms with Crippen LogP contribution in [0.3, 0.4) is 0 Å². The molecule has 0 saturated heterocycles. The number of hydrogen-bond acceptors (Lipinski definition) is 2. The zero-order valence-electron chi connectivity index (χ0n) is 10.9. The zero-order chi connectivity index (χ0) is 12.4. The van der Waals surface area contributed by atoms with Crippen LogP contribution in [0.25, 0.3) is 0 Å². The van der Waals surface area contributed by atoms with Crippen LogP contribution >= 0.6 is 24.0 Å². The Kier molecular flexibility index (Phi) is 5.77. The second-order valence-corrected chi connectivity index (χ2v) is 5.57. The van der Waals surface area contributed by atoms with Gasteiger partial charge in [-0.3, -0.25) is 0 Å². The number of rotatable bonds is 5. The first-order valence-electron chi connectivity index (χ1n) is 6.23. The maximum Gasteiger partial charge on any atom is 0.140 e. The highest BCUT2D eigenvalue weighted by Gasteiger charge is 2.22. The summed E-state index contributed by atoms with van der Waals surface area (Å²) in [7, 11) is 0. The van der Waals surface area contributed by atoms with E-state index >= 15 is 0 Å². The largest absolute Gasteiger partial charge is 0.491 e. The van der Waals surface area contributed by atoms with Crippen molar-refractivity contribution in [1.82, 2.24) is 0 Å². The van der Waals surface area contributed by atoms with Gasteiger partial charge < -0.3 is 10.5 Å². The molecule has 2 nitrogen and oxygen atoms in total. The fourth-order valence-corrected chi connectivity index (χ4v) is 2.30. The van der Waals surface area contributed by atoms with Crippen LogP contribution in [0.1, 0.15) is 30.9 Å². The van der Waals surface area contributed by atoms with E-state index in [1.165, 1.54) is 18.4 Å². The maximum atomic E-state index is 6.26. The SMILES string of the molecule is Cc1cc(CC(C)N)cc(Cl)c1OCC1CC1.Cl. The highest BCUT2D eigenvalue weighted by molar-refractivity contribution is 6.32. The number of aryl methyl sites for hydroxylation is 1. The fourth-order valence-electron chi connectivity index (χ4n) is 1.96. The van der Waals surface area contributed by atoms with Crippen molar-refractivity contribution in [2.24, 2.45) is 11.7 Å². The van der Waals surface area contributed by atoms with E-state index in [2.05, 4.69) is 6.07 Å². The average molecular weight is 290 g/mol. The number of benzene rings is 1. The number of ether oxygens (including phenoxy) is 1. The van der Waals surface area contributed by atoms with Crippen molar-refractivity contribution in [3.8, 4) is 5.75 Å². The molecule has 1 aromatic rings. The molecule has 0 bridgehead atoms. The monoisotopic (exact) mass is 289 g/mol. The summed E-state index contributed by atoms with van der Waals surface area (Å²) in [6.45, 7) is 4.84. The van der Waals surface area contributed by atoms with Gasteiger partial charge in [0.25, 0.3) is 0 Å². The molecule has 2 N–H and O–H groups in total. The van der Waals surface area contributed by atoms with Crippen LogP contribution in [-0.2, 0) is 6.42 Å². The Morgan fingerprint density at radius 3 is 2.61 bits per heavy atom. The second kappa shape index (κ2) is 6.65. The molecule has 0 spiro atoms. The molecular weight excluding hydrogens is 269 g/mol. The predicted octanol–water partition coefficient (Wildman–Crippen LogP) is 3.75. The van der Waals surface area contributed by atoms with E-state index < -0.39 is 0 Å². The third kappa shape index (κ3) is 4.34. The Balaban J connectivity index is 0.00000162. The summed E-state index contributed by atoms with van der Waals surface area (Å²) in [5, 5.41) is 0.710. The van der Waals surface area contributed by atoms with Gasteiger partial charge in [-0.25, -0.2) is 0 Å². The Morgan fingerprint density at radius 1 is 1.44 bits per heavy atom. The molecule has 1 saturated carbocycles. The lowest BCUT2D eigenvalue weighted by atomic mass is 10.0. The summed E-state index contributed by atoms with van der Waals surface area (Å²) >= 11 is 6.26. The van der Waals surface area contributed by atoms with Gasteiger partial charge >= 0.3 is 0 Å². The molecule has 0 heterocycles. The maximum absolute atomic E-state index is 6.26. The molecule has 1 atom stereocenters. The molecule has 2 rings (SSSR count). The van der Waals surface area contributed by atoms with E-state index in [0.717, 1.165) is 30.3 Å². The van der Waals surface area contributed by atoms with E-state index in [1.807, 2.05) is 19.9 Å². The third-order valence-corrected chi connectivity index (χ3v) is 3.29. The van der Waals surface area contributed by atoms with Gasteiger partial charge in [0.15, 0.2) is 0 Å². The van der Waals surface area contributed by atoms with Crippen LogP contribution in [0.15, 0.2) is 12.1 Å². The van der Waals surface area contributed by atoms with Crippen molar-refractivity contribution in [1.29, 1.82) is 0 Å². The standard InChI is InChI=1S/C14H20ClNO.ClH/c1-9-5-12(6-10(2)16)7-13(15)14(9)17-8-11-3-4-11;/h5,7,10-11H,3-4,6,8,16H2,1-2H3;1H. The van der Waals surface area contributed by atoms with Gasteiger partial charge in [0, 0.05) is 6.04 Å². The van der Waals surface area contributed by atoms with Crippen LogP contribution in [-0.4, -0.2) is 12.6 Å². The van der Waals surface area contributed by atoms with Gasteiger partial charge in [0.2, 0.25) is 0 Å². The predicted molar refractivity (Wildman–Crippen MR) is 79.0 cm³/mol. The minimum absolute atomic E-state index is 0. The van der Waals surface area contributed by atoms with Gasteiger partial charge in [-0.1, -0.05) is 17.7 Å². The first-order chi connectivity index (χ1) is 8.06. The van der Waals surface area contributed by atoms with Crippen LogP contribution in [0.2, 0.25) is 5.02 Å². The summed E-state index contributed by atoms with van der Waals surface area (Å²) in [4.78, 5) is 0. The average Bonchev–Trinajstić information content (AvgIpc) is 2.98. The van der Waals surface area contributed by atoms with Crippen molar-refractivity contribution < 1.29 is 4.74 Å². The highest BCUT2D eigenvalue weighted by Crippen LogP contribution is 2.34. The van der Waals surface area contributed by atoms with Crippen molar-refractivity contribution in [2.75, 3.05) is 6.61 Å². The molecule has 0 radical (unpaired) electrons. The van der Waals surface area contributed by atoms with Gasteiger partial charge in [-0.05, 0) is 56.2 Å². The van der Waals surface area contributed by atoms with E-state index in [1.54, 1.807) is 0 Å². The van der Waals surface area contributed by atoms with E-state index in [4.69, 9.17) is 22.1 Å². The molecule has 4 heteroatoms. The molecule has 1 aromatic carbocycles. The van der Waals surface area contributed by atoms with E-state index in [0.29, 0.717) is 5.02 Å². The van der Waals surface area contributed by atoms with Crippen LogP contribution < -0.4 is 10.5 Å². The second-order valence-electron chi connectivity index (χ2n) is 5.16. The first-order valence-corrected chi connectivity index (χ1v) is 6.61. The summed E-state index contributed by atoms with van der Waals surface area (Å²) < 4.78 is 5.79.